The fourth-order valence-corrected chi connectivity index (χ4v) is 2.19. The third-order valence-corrected chi connectivity index (χ3v) is 3.40. The van der Waals surface area contributed by atoms with Crippen LogP contribution in [-0.2, 0) is 4.79 Å². The summed E-state index contributed by atoms with van der Waals surface area (Å²) in [5, 5.41) is 11.7. The Morgan fingerprint density at radius 1 is 1.43 bits per heavy atom. The molecule has 1 rings (SSSR count). The van der Waals surface area contributed by atoms with Crippen LogP contribution < -0.4 is 10.1 Å². The third kappa shape index (κ3) is 5.26. The number of anilines is 1. The number of carbonyl (C=O) groups excluding carboxylic acids is 1. The molecule has 0 saturated carbocycles. The molecule has 0 saturated heterocycles. The van der Waals surface area contributed by atoms with Gasteiger partial charge in [0.05, 0.1) is 13.0 Å². The molecule has 1 atom stereocenters. The van der Waals surface area contributed by atoms with Crippen LogP contribution in [0.2, 0.25) is 0 Å². The summed E-state index contributed by atoms with van der Waals surface area (Å²) in [6.45, 7) is 3.95. The number of hydrogen-bond donors (Lipinski definition) is 2. The monoisotopic (exact) mass is 358 g/mol. The van der Waals surface area contributed by atoms with E-state index >= 15 is 0 Å². The van der Waals surface area contributed by atoms with E-state index < -0.39 is 11.9 Å². The number of methoxy groups -OCH3 is 1. The average molecular weight is 359 g/mol. The van der Waals surface area contributed by atoms with E-state index in [4.69, 9.17) is 9.84 Å². The molecule has 0 aliphatic heterocycles. The minimum atomic E-state index is -0.926. The van der Waals surface area contributed by atoms with Crippen molar-refractivity contribution in [3.63, 3.8) is 0 Å². The molecule has 0 aromatic heterocycles. The molecule has 0 fully saturated rings. The van der Waals surface area contributed by atoms with Crippen molar-refractivity contribution >= 4 is 33.6 Å². The van der Waals surface area contributed by atoms with Gasteiger partial charge >= 0.3 is 12.0 Å². The quantitative estimate of drug-likeness (QED) is 0.818. The van der Waals surface area contributed by atoms with E-state index in [-0.39, 0.29) is 12.6 Å². The first-order chi connectivity index (χ1) is 9.87. The van der Waals surface area contributed by atoms with E-state index in [1.165, 1.54) is 4.90 Å². The van der Waals surface area contributed by atoms with Gasteiger partial charge in [-0.05, 0) is 19.1 Å². The number of urea groups is 1. The van der Waals surface area contributed by atoms with Crippen molar-refractivity contribution < 1.29 is 19.4 Å². The SMILES string of the molecule is CCN(CC(C)C(=O)O)C(=O)Nc1cc(Br)cc(OC)c1. The van der Waals surface area contributed by atoms with Crippen LogP contribution >= 0.6 is 15.9 Å². The molecule has 6 nitrogen and oxygen atoms in total. The average Bonchev–Trinajstić information content (AvgIpc) is 2.43. The van der Waals surface area contributed by atoms with E-state index in [0.29, 0.717) is 18.0 Å². The van der Waals surface area contributed by atoms with E-state index in [1.807, 2.05) is 0 Å². The Hall–Kier alpha value is -1.76. The summed E-state index contributed by atoms with van der Waals surface area (Å²) in [6, 6.07) is 4.87. The normalized spacial score (nSPS) is 11.6. The predicted octanol–water partition coefficient (Wildman–Crippen LogP) is 3.03. The Kier molecular flexibility index (Phi) is 6.48. The molecule has 1 unspecified atom stereocenters. The number of carbonyl (C=O) groups is 2. The highest BCUT2D eigenvalue weighted by atomic mass is 79.9. The van der Waals surface area contributed by atoms with Gasteiger partial charge in [0.25, 0.3) is 0 Å². The second-order valence-corrected chi connectivity index (χ2v) is 5.50. The molecular formula is C14H19BrN2O4. The van der Waals surface area contributed by atoms with Gasteiger partial charge in [0.1, 0.15) is 5.75 Å². The van der Waals surface area contributed by atoms with E-state index in [1.54, 1.807) is 39.2 Å². The molecule has 1 aromatic carbocycles. The van der Waals surface area contributed by atoms with Gasteiger partial charge in [0.2, 0.25) is 0 Å². The Labute approximate surface area is 132 Å². The highest BCUT2D eigenvalue weighted by molar-refractivity contribution is 9.10. The highest BCUT2D eigenvalue weighted by Gasteiger charge is 2.19. The minimum absolute atomic E-state index is 0.156. The van der Waals surface area contributed by atoms with Crippen LogP contribution in [0.15, 0.2) is 22.7 Å². The maximum absolute atomic E-state index is 12.2. The Morgan fingerprint density at radius 2 is 2.10 bits per heavy atom. The summed E-state index contributed by atoms with van der Waals surface area (Å²) in [5.41, 5.74) is 0.577. The molecule has 0 radical (unpaired) electrons. The standard InChI is InChI=1S/C14H19BrN2O4/c1-4-17(8-9(2)13(18)19)14(20)16-11-5-10(15)6-12(7-11)21-3/h5-7,9H,4,8H2,1-3H3,(H,16,20)(H,18,19). The van der Waals surface area contributed by atoms with Gasteiger partial charge in [0, 0.05) is 29.3 Å². The molecule has 1 aromatic rings. The lowest BCUT2D eigenvalue weighted by atomic mass is 10.2. The number of ether oxygens (including phenoxy) is 1. The summed E-state index contributed by atoms with van der Waals surface area (Å²) < 4.78 is 5.90. The lowest BCUT2D eigenvalue weighted by Gasteiger charge is -2.23. The molecule has 21 heavy (non-hydrogen) atoms. The molecule has 2 amide bonds. The third-order valence-electron chi connectivity index (χ3n) is 2.94. The van der Waals surface area contributed by atoms with Gasteiger partial charge in [-0.2, -0.15) is 0 Å². The summed E-state index contributed by atoms with van der Waals surface area (Å²) >= 11 is 3.33. The minimum Gasteiger partial charge on any atom is -0.497 e. The van der Waals surface area contributed by atoms with Crippen molar-refractivity contribution in [1.82, 2.24) is 4.90 Å². The van der Waals surface area contributed by atoms with Crippen molar-refractivity contribution in [3.05, 3.63) is 22.7 Å². The Bertz CT molecular complexity index is 522. The van der Waals surface area contributed by atoms with Crippen LogP contribution in [0.25, 0.3) is 0 Å². The Balaban J connectivity index is 2.78. The smallest absolute Gasteiger partial charge is 0.321 e. The number of hydrogen-bond acceptors (Lipinski definition) is 3. The lowest BCUT2D eigenvalue weighted by Crippen LogP contribution is -2.39. The number of amides is 2. The Morgan fingerprint density at radius 3 is 2.62 bits per heavy atom. The zero-order valence-corrected chi connectivity index (χ0v) is 13.8. The number of carboxylic acid groups (broad SMARTS) is 1. The van der Waals surface area contributed by atoms with Gasteiger partial charge < -0.3 is 20.1 Å². The second-order valence-electron chi connectivity index (χ2n) is 4.59. The highest BCUT2D eigenvalue weighted by Crippen LogP contribution is 2.24. The van der Waals surface area contributed by atoms with Crippen molar-refractivity contribution in [2.75, 3.05) is 25.5 Å². The summed E-state index contributed by atoms with van der Waals surface area (Å²) in [4.78, 5) is 24.5. The van der Waals surface area contributed by atoms with Crippen molar-refractivity contribution in [1.29, 1.82) is 0 Å². The number of nitrogens with zero attached hydrogens (tertiary/aromatic N) is 1. The number of aliphatic carboxylic acids is 1. The number of carboxylic acids is 1. The van der Waals surface area contributed by atoms with Crippen molar-refractivity contribution in [2.24, 2.45) is 5.92 Å². The first-order valence-corrected chi connectivity index (χ1v) is 7.30. The van der Waals surface area contributed by atoms with Gasteiger partial charge in [-0.3, -0.25) is 4.79 Å². The number of nitrogens with one attached hydrogen (secondary N) is 1. The van der Waals surface area contributed by atoms with Crippen LogP contribution in [0.4, 0.5) is 10.5 Å². The maximum Gasteiger partial charge on any atom is 0.321 e. The molecular weight excluding hydrogens is 340 g/mol. The van der Waals surface area contributed by atoms with E-state index in [2.05, 4.69) is 21.2 Å². The van der Waals surface area contributed by atoms with E-state index in [9.17, 15) is 9.59 Å². The zero-order chi connectivity index (χ0) is 16.0. The summed E-state index contributed by atoms with van der Waals surface area (Å²) in [6.07, 6.45) is 0. The predicted molar refractivity (Wildman–Crippen MR) is 83.8 cm³/mol. The first-order valence-electron chi connectivity index (χ1n) is 6.50. The molecule has 0 bridgehead atoms. The van der Waals surface area contributed by atoms with E-state index in [0.717, 1.165) is 4.47 Å². The van der Waals surface area contributed by atoms with Crippen LogP contribution in [0.1, 0.15) is 13.8 Å². The molecule has 0 heterocycles. The fourth-order valence-electron chi connectivity index (χ4n) is 1.72. The second kappa shape index (κ2) is 7.87. The van der Waals surface area contributed by atoms with Gasteiger partial charge in [-0.1, -0.05) is 22.9 Å². The summed E-state index contributed by atoms with van der Waals surface area (Å²) in [5.74, 6) is -0.931. The van der Waals surface area contributed by atoms with Crippen molar-refractivity contribution in [2.45, 2.75) is 13.8 Å². The number of benzene rings is 1. The molecule has 7 heteroatoms. The van der Waals surface area contributed by atoms with Crippen LogP contribution in [0.5, 0.6) is 5.75 Å². The number of halogens is 1. The lowest BCUT2D eigenvalue weighted by molar-refractivity contribution is -0.141. The topological polar surface area (TPSA) is 78.9 Å². The van der Waals surface area contributed by atoms with Gasteiger partial charge in [0.15, 0.2) is 0 Å². The number of rotatable bonds is 6. The largest absolute Gasteiger partial charge is 0.497 e. The fraction of sp³-hybridized carbons (Fsp3) is 0.429. The maximum atomic E-state index is 12.2. The van der Waals surface area contributed by atoms with Gasteiger partial charge in [-0.25, -0.2) is 4.79 Å². The summed E-state index contributed by atoms with van der Waals surface area (Å²) in [7, 11) is 1.54. The molecule has 0 aliphatic rings. The molecule has 116 valence electrons. The first kappa shape index (κ1) is 17.3. The molecule has 2 N–H and O–H groups in total. The van der Waals surface area contributed by atoms with Crippen LogP contribution in [0, 0.1) is 5.92 Å². The van der Waals surface area contributed by atoms with Crippen LogP contribution in [0.3, 0.4) is 0 Å². The van der Waals surface area contributed by atoms with Crippen molar-refractivity contribution in [3.8, 4) is 5.75 Å². The van der Waals surface area contributed by atoms with Gasteiger partial charge in [-0.15, -0.1) is 0 Å². The molecule has 0 aliphatic carbocycles. The zero-order valence-electron chi connectivity index (χ0n) is 12.2. The molecule has 0 spiro atoms. The van der Waals surface area contributed by atoms with Crippen LogP contribution in [-0.4, -0.2) is 42.2 Å².